The van der Waals surface area contributed by atoms with Gasteiger partial charge in [0, 0.05) is 44.0 Å². The van der Waals surface area contributed by atoms with Crippen molar-refractivity contribution in [2.45, 2.75) is 50.0 Å². The monoisotopic (exact) mass is 469 g/mol. The standard InChI is InChI=1S/C24H25F2N5O3/c1-33-21-13(11-27)12-28-23(29-21)30-6-4-24(5-7-30)22(32)31-19(2-3-20(31)34-24)17-10-16-15(17)8-14(25)9-18(16)26/h8-9,12,15-17,19-20H,2-7,10H2,1H3/t15?,16?,17?,19-,20+/m0/s1. The fourth-order valence-electron chi connectivity index (χ4n) is 6.44. The van der Waals surface area contributed by atoms with Gasteiger partial charge in [0.05, 0.1) is 13.3 Å². The lowest BCUT2D eigenvalue weighted by Crippen LogP contribution is -2.54. The molecule has 2 aliphatic carbocycles. The summed E-state index contributed by atoms with van der Waals surface area (Å²) in [6.45, 7) is 1.06. The molecular formula is C24H25F2N5O3. The van der Waals surface area contributed by atoms with Crippen molar-refractivity contribution in [2.24, 2.45) is 17.8 Å². The van der Waals surface area contributed by atoms with Crippen molar-refractivity contribution in [1.82, 2.24) is 14.9 Å². The summed E-state index contributed by atoms with van der Waals surface area (Å²) < 4.78 is 39.5. The first-order chi connectivity index (χ1) is 16.4. The second-order valence-corrected chi connectivity index (χ2v) is 9.78. The van der Waals surface area contributed by atoms with E-state index in [0.29, 0.717) is 38.3 Å². The molecular weight excluding hydrogens is 444 g/mol. The molecule has 0 aromatic carbocycles. The van der Waals surface area contributed by atoms with E-state index in [0.717, 1.165) is 18.9 Å². The Morgan fingerprint density at radius 2 is 2.09 bits per heavy atom. The third-order valence-electron chi connectivity index (χ3n) is 8.23. The number of hydrogen-bond acceptors (Lipinski definition) is 7. The summed E-state index contributed by atoms with van der Waals surface area (Å²) in [4.78, 5) is 26.1. The Kier molecular flexibility index (Phi) is 4.88. The van der Waals surface area contributed by atoms with Crippen molar-refractivity contribution in [2.75, 3.05) is 25.1 Å². The van der Waals surface area contributed by atoms with Crippen LogP contribution < -0.4 is 9.64 Å². The van der Waals surface area contributed by atoms with E-state index >= 15 is 0 Å². The van der Waals surface area contributed by atoms with Gasteiger partial charge in [-0.3, -0.25) is 4.79 Å². The zero-order chi connectivity index (χ0) is 23.6. The number of rotatable bonds is 3. The van der Waals surface area contributed by atoms with Gasteiger partial charge < -0.3 is 19.3 Å². The molecule has 3 saturated heterocycles. The molecule has 10 heteroatoms. The minimum absolute atomic E-state index is 0.00213. The van der Waals surface area contributed by atoms with E-state index in [1.165, 1.54) is 19.4 Å². The summed E-state index contributed by atoms with van der Waals surface area (Å²) in [5.41, 5.74) is -0.611. The molecule has 1 aromatic rings. The predicted molar refractivity (Wildman–Crippen MR) is 116 cm³/mol. The zero-order valence-electron chi connectivity index (χ0n) is 18.8. The van der Waals surface area contributed by atoms with E-state index < -0.39 is 11.4 Å². The van der Waals surface area contributed by atoms with Crippen molar-refractivity contribution in [3.05, 3.63) is 35.6 Å². The molecule has 178 valence electrons. The van der Waals surface area contributed by atoms with Gasteiger partial charge >= 0.3 is 0 Å². The van der Waals surface area contributed by atoms with Gasteiger partial charge in [0.1, 0.15) is 29.5 Å². The molecule has 0 radical (unpaired) electrons. The maximum Gasteiger partial charge on any atom is 0.257 e. The van der Waals surface area contributed by atoms with Crippen molar-refractivity contribution in [1.29, 1.82) is 5.26 Å². The summed E-state index contributed by atoms with van der Waals surface area (Å²) in [5, 5.41) is 9.14. The highest BCUT2D eigenvalue weighted by molar-refractivity contribution is 5.88. The number of nitriles is 1. The summed E-state index contributed by atoms with van der Waals surface area (Å²) >= 11 is 0. The van der Waals surface area contributed by atoms with Crippen LogP contribution in [0, 0.1) is 29.1 Å². The zero-order valence-corrected chi connectivity index (χ0v) is 18.8. The topological polar surface area (TPSA) is 91.6 Å². The molecule has 1 aromatic heterocycles. The Balaban J connectivity index is 1.16. The average Bonchev–Trinajstić information content (AvgIpc) is 3.34. The lowest BCUT2D eigenvalue weighted by Gasteiger charge is -2.48. The van der Waals surface area contributed by atoms with Crippen LogP contribution in [0.5, 0.6) is 5.88 Å². The highest BCUT2D eigenvalue weighted by atomic mass is 19.1. The lowest BCUT2D eigenvalue weighted by molar-refractivity contribution is -0.141. The van der Waals surface area contributed by atoms with Gasteiger partial charge in [-0.2, -0.15) is 10.2 Å². The van der Waals surface area contributed by atoms with Gasteiger partial charge in [0.2, 0.25) is 11.8 Å². The molecule has 1 spiro atoms. The molecule has 5 aliphatic rings. The minimum atomic E-state index is -0.877. The average molecular weight is 469 g/mol. The van der Waals surface area contributed by atoms with Crippen LogP contribution in [0.3, 0.4) is 0 Å². The Morgan fingerprint density at radius 3 is 2.82 bits per heavy atom. The number of hydrogen-bond donors (Lipinski definition) is 0. The molecule has 6 rings (SSSR count). The fourth-order valence-corrected chi connectivity index (χ4v) is 6.44. The third-order valence-corrected chi connectivity index (χ3v) is 8.23. The van der Waals surface area contributed by atoms with E-state index in [9.17, 15) is 13.6 Å². The maximum atomic E-state index is 14.1. The van der Waals surface area contributed by atoms with Gasteiger partial charge in [-0.15, -0.1) is 0 Å². The quantitative estimate of drug-likeness (QED) is 0.672. The summed E-state index contributed by atoms with van der Waals surface area (Å²) in [6.07, 6.45) is 6.85. The summed E-state index contributed by atoms with van der Waals surface area (Å²) in [5.74, 6) is -0.621. The van der Waals surface area contributed by atoms with Crippen LogP contribution in [0.4, 0.5) is 14.7 Å². The number of anilines is 1. The number of aromatic nitrogens is 2. The Bertz CT molecular complexity index is 1140. The number of allylic oxidation sites excluding steroid dienone is 4. The van der Waals surface area contributed by atoms with Crippen LogP contribution in [0.1, 0.15) is 37.7 Å². The first kappa shape index (κ1) is 21.5. The minimum Gasteiger partial charge on any atom is -0.480 e. The number of carbonyl (C=O) groups excluding carboxylic acids is 1. The molecule has 3 unspecified atom stereocenters. The van der Waals surface area contributed by atoms with Gasteiger partial charge in [0.25, 0.3) is 5.91 Å². The number of piperidine rings is 1. The first-order valence-electron chi connectivity index (χ1n) is 11.7. The maximum absolute atomic E-state index is 14.1. The number of amides is 1. The smallest absolute Gasteiger partial charge is 0.257 e. The van der Waals surface area contributed by atoms with Gasteiger partial charge in [-0.1, -0.05) is 0 Å². The summed E-state index contributed by atoms with van der Waals surface area (Å²) in [6, 6.07) is 1.96. The van der Waals surface area contributed by atoms with E-state index in [1.54, 1.807) is 0 Å². The number of fused-ring (bicyclic) bond motifs is 2. The van der Waals surface area contributed by atoms with Crippen molar-refractivity contribution < 1.29 is 23.0 Å². The van der Waals surface area contributed by atoms with E-state index in [-0.39, 0.29) is 53.2 Å². The van der Waals surface area contributed by atoms with Crippen LogP contribution in [-0.2, 0) is 9.53 Å². The Hall–Kier alpha value is -3.06. The normalized spacial score (nSPS) is 33.6. The molecule has 5 atom stereocenters. The van der Waals surface area contributed by atoms with E-state index in [1.807, 2.05) is 15.9 Å². The van der Waals surface area contributed by atoms with E-state index in [4.69, 9.17) is 14.7 Å². The van der Waals surface area contributed by atoms with Crippen molar-refractivity contribution in [3.8, 4) is 11.9 Å². The molecule has 4 fully saturated rings. The fraction of sp³-hybridized carbons (Fsp3) is 0.583. The van der Waals surface area contributed by atoms with Crippen LogP contribution in [0.15, 0.2) is 30.0 Å². The number of carbonyl (C=O) groups is 1. The molecule has 34 heavy (non-hydrogen) atoms. The molecule has 0 bridgehead atoms. The number of nitrogens with zero attached hydrogens (tertiary/aromatic N) is 5. The molecule has 1 saturated carbocycles. The highest BCUT2D eigenvalue weighted by Gasteiger charge is 2.61. The van der Waals surface area contributed by atoms with Crippen LogP contribution in [-0.4, -0.2) is 58.8 Å². The van der Waals surface area contributed by atoms with Crippen LogP contribution in [0.2, 0.25) is 0 Å². The third kappa shape index (κ3) is 3.06. The molecule has 4 heterocycles. The second kappa shape index (κ2) is 7.73. The van der Waals surface area contributed by atoms with Gasteiger partial charge in [-0.05, 0) is 37.2 Å². The number of halogens is 2. The van der Waals surface area contributed by atoms with E-state index in [2.05, 4.69) is 9.97 Å². The highest BCUT2D eigenvalue weighted by Crippen LogP contribution is 2.55. The van der Waals surface area contributed by atoms with Crippen LogP contribution >= 0.6 is 0 Å². The van der Waals surface area contributed by atoms with Crippen molar-refractivity contribution in [3.63, 3.8) is 0 Å². The SMILES string of the molecule is COc1nc(N2CCC3(CC2)O[C@@H]2CC[C@@H](C4CC5C(F)=CC(F)=CC54)N2C3=O)ncc1C#N. The van der Waals surface area contributed by atoms with Crippen molar-refractivity contribution >= 4 is 11.9 Å². The Morgan fingerprint density at radius 1 is 1.29 bits per heavy atom. The number of methoxy groups -OCH3 is 1. The Labute approximate surface area is 195 Å². The van der Waals surface area contributed by atoms with Crippen LogP contribution in [0.25, 0.3) is 0 Å². The lowest BCUT2D eigenvalue weighted by atomic mass is 9.59. The molecule has 3 aliphatic heterocycles. The largest absolute Gasteiger partial charge is 0.480 e. The first-order valence-corrected chi connectivity index (χ1v) is 11.7. The molecule has 0 N–H and O–H groups in total. The molecule has 8 nitrogen and oxygen atoms in total. The van der Waals surface area contributed by atoms with Gasteiger partial charge in [0.15, 0.2) is 5.60 Å². The van der Waals surface area contributed by atoms with Gasteiger partial charge in [-0.25, -0.2) is 13.8 Å². The predicted octanol–water partition coefficient (Wildman–Crippen LogP) is 3.02. The number of ether oxygens (including phenoxy) is 2. The molecule has 1 amide bonds. The second-order valence-electron chi connectivity index (χ2n) is 9.78. The summed E-state index contributed by atoms with van der Waals surface area (Å²) in [7, 11) is 1.46.